The molecular weight excluding hydrogens is 383 g/mol. The lowest BCUT2D eigenvalue weighted by Crippen LogP contribution is -2.47. The first-order valence-electron chi connectivity index (χ1n) is 10.2. The zero-order valence-corrected chi connectivity index (χ0v) is 16.6. The van der Waals surface area contributed by atoms with Crippen molar-refractivity contribution in [3.8, 4) is 0 Å². The SMILES string of the molecule is C[C@@H](NC(=O)[C@@H]1C[C@H]1c1cccc(C(F)(F)F)c1)C(=O)NCCN1CCCCC1. The molecule has 3 atom stereocenters. The summed E-state index contributed by atoms with van der Waals surface area (Å²) >= 11 is 0. The maximum Gasteiger partial charge on any atom is 0.416 e. The monoisotopic (exact) mass is 411 g/mol. The van der Waals surface area contributed by atoms with Crippen LogP contribution < -0.4 is 10.6 Å². The van der Waals surface area contributed by atoms with Gasteiger partial charge in [0.15, 0.2) is 0 Å². The lowest BCUT2D eigenvalue weighted by molar-refractivity contribution is -0.137. The average molecular weight is 411 g/mol. The van der Waals surface area contributed by atoms with Gasteiger partial charge < -0.3 is 15.5 Å². The number of benzene rings is 1. The third kappa shape index (κ3) is 5.95. The summed E-state index contributed by atoms with van der Waals surface area (Å²) < 4.78 is 38.6. The first-order valence-corrected chi connectivity index (χ1v) is 10.2. The summed E-state index contributed by atoms with van der Waals surface area (Å²) in [6, 6.07) is 4.44. The molecular formula is C21H28F3N3O2. The summed E-state index contributed by atoms with van der Waals surface area (Å²) in [5, 5.41) is 5.53. The van der Waals surface area contributed by atoms with E-state index in [1.54, 1.807) is 13.0 Å². The van der Waals surface area contributed by atoms with E-state index in [0.717, 1.165) is 31.8 Å². The largest absolute Gasteiger partial charge is 0.416 e. The second-order valence-electron chi connectivity index (χ2n) is 8.00. The fourth-order valence-electron chi connectivity index (χ4n) is 3.86. The van der Waals surface area contributed by atoms with Gasteiger partial charge in [-0.2, -0.15) is 13.2 Å². The van der Waals surface area contributed by atoms with Gasteiger partial charge in [-0.3, -0.25) is 9.59 Å². The third-order valence-corrected chi connectivity index (χ3v) is 5.70. The van der Waals surface area contributed by atoms with Crippen molar-refractivity contribution >= 4 is 11.8 Å². The van der Waals surface area contributed by atoms with Gasteiger partial charge in [-0.1, -0.05) is 24.6 Å². The van der Waals surface area contributed by atoms with E-state index in [0.29, 0.717) is 18.5 Å². The topological polar surface area (TPSA) is 61.4 Å². The highest BCUT2D eigenvalue weighted by Crippen LogP contribution is 2.48. The smallest absolute Gasteiger partial charge is 0.353 e. The fraction of sp³-hybridized carbons (Fsp3) is 0.619. The van der Waals surface area contributed by atoms with Crippen molar-refractivity contribution in [3.63, 3.8) is 0 Å². The zero-order chi connectivity index (χ0) is 21.0. The predicted molar refractivity (Wildman–Crippen MR) is 103 cm³/mol. The van der Waals surface area contributed by atoms with E-state index < -0.39 is 17.8 Å². The zero-order valence-electron chi connectivity index (χ0n) is 16.6. The van der Waals surface area contributed by atoms with E-state index in [2.05, 4.69) is 15.5 Å². The van der Waals surface area contributed by atoms with E-state index in [4.69, 9.17) is 0 Å². The standard InChI is InChI=1S/C21H28F3N3O2/c1-14(19(28)25-8-11-27-9-3-2-4-10-27)26-20(29)18-13-17(18)15-6-5-7-16(12-15)21(22,23)24/h5-7,12,14,17-18H,2-4,8-11,13H2,1H3,(H,25,28)(H,26,29)/t14-,17+,18-/m1/s1. The van der Waals surface area contributed by atoms with Crippen molar-refractivity contribution < 1.29 is 22.8 Å². The van der Waals surface area contributed by atoms with Crippen LogP contribution >= 0.6 is 0 Å². The molecule has 2 N–H and O–H groups in total. The van der Waals surface area contributed by atoms with Gasteiger partial charge in [-0.25, -0.2) is 0 Å². The number of carbonyl (C=O) groups excluding carboxylic acids is 2. The van der Waals surface area contributed by atoms with Crippen molar-refractivity contribution in [1.82, 2.24) is 15.5 Å². The van der Waals surface area contributed by atoms with E-state index in [-0.39, 0.29) is 23.7 Å². The normalized spacial score (nSPS) is 23.3. The van der Waals surface area contributed by atoms with Crippen molar-refractivity contribution in [2.24, 2.45) is 5.92 Å². The molecule has 1 saturated heterocycles. The molecule has 3 rings (SSSR count). The van der Waals surface area contributed by atoms with Crippen molar-refractivity contribution in [2.75, 3.05) is 26.2 Å². The highest BCUT2D eigenvalue weighted by atomic mass is 19.4. The minimum atomic E-state index is -4.40. The molecule has 1 aromatic rings. The Hall–Kier alpha value is -2.09. The maximum atomic E-state index is 12.9. The van der Waals surface area contributed by atoms with Crippen LogP contribution in [-0.4, -0.2) is 48.9 Å². The molecule has 0 radical (unpaired) electrons. The van der Waals surface area contributed by atoms with Crippen LogP contribution in [0, 0.1) is 5.92 Å². The molecule has 0 aromatic heterocycles. The van der Waals surface area contributed by atoms with Crippen LogP contribution in [0.5, 0.6) is 0 Å². The highest BCUT2D eigenvalue weighted by molar-refractivity contribution is 5.89. The number of piperidine rings is 1. The molecule has 2 amide bonds. The molecule has 1 heterocycles. The van der Waals surface area contributed by atoms with Crippen LogP contribution in [0.1, 0.15) is 49.7 Å². The van der Waals surface area contributed by atoms with Gasteiger partial charge in [0.25, 0.3) is 0 Å². The van der Waals surface area contributed by atoms with Crippen LogP contribution in [0.4, 0.5) is 13.2 Å². The quantitative estimate of drug-likeness (QED) is 0.725. The third-order valence-electron chi connectivity index (χ3n) is 5.70. The van der Waals surface area contributed by atoms with Crippen LogP contribution in [0.3, 0.4) is 0 Å². The van der Waals surface area contributed by atoms with Crippen molar-refractivity contribution in [1.29, 1.82) is 0 Å². The first-order chi connectivity index (χ1) is 13.8. The summed E-state index contributed by atoms with van der Waals surface area (Å²) in [6.07, 6.45) is -0.266. The Morgan fingerprint density at radius 1 is 1.21 bits per heavy atom. The molecule has 0 unspecified atom stereocenters. The average Bonchev–Trinajstić information content (AvgIpc) is 3.49. The van der Waals surface area contributed by atoms with Crippen LogP contribution in [0.25, 0.3) is 0 Å². The number of nitrogens with one attached hydrogen (secondary N) is 2. The van der Waals surface area contributed by atoms with Gasteiger partial charge in [0.2, 0.25) is 11.8 Å². The summed E-state index contributed by atoms with van der Waals surface area (Å²) in [5.74, 6) is -1.15. The number of carbonyl (C=O) groups is 2. The fourth-order valence-corrected chi connectivity index (χ4v) is 3.86. The number of nitrogens with zero attached hydrogens (tertiary/aromatic N) is 1. The minimum Gasteiger partial charge on any atom is -0.353 e. The Bertz CT molecular complexity index is 732. The molecule has 1 aliphatic carbocycles. The van der Waals surface area contributed by atoms with Gasteiger partial charge >= 0.3 is 6.18 Å². The Morgan fingerprint density at radius 2 is 1.93 bits per heavy atom. The Balaban J connectivity index is 1.43. The molecule has 160 valence electrons. The maximum absolute atomic E-state index is 12.9. The van der Waals surface area contributed by atoms with Crippen LogP contribution in [0.15, 0.2) is 24.3 Å². The second-order valence-corrected chi connectivity index (χ2v) is 8.00. The molecule has 1 saturated carbocycles. The second kappa shape index (κ2) is 9.15. The molecule has 8 heteroatoms. The van der Waals surface area contributed by atoms with Crippen LogP contribution in [-0.2, 0) is 15.8 Å². The number of halogens is 3. The van der Waals surface area contributed by atoms with Crippen LogP contribution in [0.2, 0.25) is 0 Å². The predicted octanol–water partition coefficient (Wildman–Crippen LogP) is 2.92. The van der Waals surface area contributed by atoms with Crippen molar-refractivity contribution in [2.45, 2.75) is 50.7 Å². The minimum absolute atomic E-state index is 0.230. The summed E-state index contributed by atoms with van der Waals surface area (Å²) in [6.45, 7) is 5.07. The number of hydrogen-bond donors (Lipinski definition) is 2. The van der Waals surface area contributed by atoms with E-state index >= 15 is 0 Å². The van der Waals surface area contributed by atoms with Gasteiger partial charge in [-0.05, 0) is 56.8 Å². The van der Waals surface area contributed by atoms with Gasteiger partial charge in [-0.15, -0.1) is 0 Å². The van der Waals surface area contributed by atoms with Gasteiger partial charge in [0.1, 0.15) is 6.04 Å². The molecule has 0 spiro atoms. The van der Waals surface area contributed by atoms with E-state index in [1.165, 1.54) is 25.3 Å². The molecule has 0 bridgehead atoms. The number of rotatable bonds is 7. The molecule has 2 fully saturated rings. The van der Waals surface area contributed by atoms with E-state index in [9.17, 15) is 22.8 Å². The van der Waals surface area contributed by atoms with E-state index in [1.807, 2.05) is 0 Å². The summed E-state index contributed by atoms with van der Waals surface area (Å²) in [5.41, 5.74) is -0.193. The lowest BCUT2D eigenvalue weighted by atomic mass is 10.1. The number of amides is 2. The van der Waals surface area contributed by atoms with Crippen molar-refractivity contribution in [3.05, 3.63) is 35.4 Å². The first kappa shape index (κ1) is 21.6. The number of hydrogen-bond acceptors (Lipinski definition) is 3. The molecule has 2 aliphatic rings. The number of likely N-dealkylation sites (tertiary alicyclic amines) is 1. The Labute approximate surface area is 169 Å². The van der Waals surface area contributed by atoms with Gasteiger partial charge in [0.05, 0.1) is 5.56 Å². The summed E-state index contributed by atoms with van der Waals surface area (Å²) in [7, 11) is 0. The highest BCUT2D eigenvalue weighted by Gasteiger charge is 2.45. The molecule has 5 nitrogen and oxygen atoms in total. The lowest BCUT2D eigenvalue weighted by Gasteiger charge is -2.26. The number of alkyl halides is 3. The molecule has 1 aromatic carbocycles. The molecule has 29 heavy (non-hydrogen) atoms. The Morgan fingerprint density at radius 3 is 2.62 bits per heavy atom. The molecule has 1 aliphatic heterocycles. The summed E-state index contributed by atoms with van der Waals surface area (Å²) in [4.78, 5) is 26.9. The van der Waals surface area contributed by atoms with Gasteiger partial charge in [0, 0.05) is 19.0 Å². The Kier molecular flexibility index (Phi) is 6.82.